The molecule has 0 bridgehead atoms. The first-order chi connectivity index (χ1) is 11.7. The SMILES string of the molecule is CC(CCc1ccccc1)NC(=O)NCc1nc2ccccc2s1. The lowest BCUT2D eigenvalue weighted by molar-refractivity contribution is 0.237. The Hall–Kier alpha value is -2.40. The van der Waals surface area contributed by atoms with Crippen molar-refractivity contribution in [2.75, 3.05) is 0 Å². The van der Waals surface area contributed by atoms with Crippen LogP contribution in [0.15, 0.2) is 54.6 Å². The molecule has 1 unspecified atom stereocenters. The predicted molar refractivity (Wildman–Crippen MR) is 99.2 cm³/mol. The molecule has 3 aromatic rings. The number of hydrogen-bond donors (Lipinski definition) is 2. The van der Waals surface area contributed by atoms with Gasteiger partial charge >= 0.3 is 6.03 Å². The van der Waals surface area contributed by atoms with Crippen LogP contribution < -0.4 is 10.6 Å². The van der Waals surface area contributed by atoms with Gasteiger partial charge in [0.25, 0.3) is 0 Å². The van der Waals surface area contributed by atoms with Crippen LogP contribution in [0, 0.1) is 0 Å². The molecule has 0 aliphatic carbocycles. The molecule has 1 heterocycles. The van der Waals surface area contributed by atoms with Gasteiger partial charge in [-0.15, -0.1) is 11.3 Å². The second kappa shape index (κ2) is 7.93. The third kappa shape index (κ3) is 4.55. The van der Waals surface area contributed by atoms with E-state index in [0.29, 0.717) is 6.54 Å². The number of benzene rings is 2. The number of fused-ring (bicyclic) bond motifs is 1. The molecule has 0 aliphatic rings. The van der Waals surface area contributed by atoms with Gasteiger partial charge in [0.15, 0.2) is 0 Å². The van der Waals surface area contributed by atoms with Gasteiger partial charge in [0.05, 0.1) is 16.8 Å². The van der Waals surface area contributed by atoms with E-state index in [1.807, 2.05) is 49.4 Å². The molecule has 0 saturated carbocycles. The predicted octanol–water partition coefficient (Wildman–Crippen LogP) is 4.12. The molecule has 2 aromatic carbocycles. The number of amides is 2. The zero-order chi connectivity index (χ0) is 16.8. The Labute approximate surface area is 145 Å². The van der Waals surface area contributed by atoms with Crippen molar-refractivity contribution < 1.29 is 4.79 Å². The molecule has 24 heavy (non-hydrogen) atoms. The number of carbonyl (C=O) groups excluding carboxylic acids is 1. The fraction of sp³-hybridized carbons (Fsp3) is 0.263. The Morgan fingerprint density at radius 3 is 2.67 bits per heavy atom. The summed E-state index contributed by atoms with van der Waals surface area (Å²) >= 11 is 1.61. The standard InChI is InChI=1S/C19H21N3OS/c1-14(11-12-15-7-3-2-4-8-15)21-19(23)20-13-18-22-16-9-5-6-10-17(16)24-18/h2-10,14H,11-13H2,1H3,(H2,20,21,23). The fourth-order valence-corrected chi connectivity index (χ4v) is 3.43. The second-order valence-electron chi connectivity index (χ2n) is 5.83. The van der Waals surface area contributed by atoms with Gasteiger partial charge in [-0.25, -0.2) is 9.78 Å². The molecule has 0 spiro atoms. The van der Waals surface area contributed by atoms with Crippen LogP contribution in [-0.4, -0.2) is 17.1 Å². The van der Waals surface area contributed by atoms with E-state index in [0.717, 1.165) is 28.1 Å². The van der Waals surface area contributed by atoms with Crippen LogP contribution in [0.1, 0.15) is 23.9 Å². The molecule has 1 atom stereocenters. The van der Waals surface area contributed by atoms with E-state index in [1.165, 1.54) is 5.56 Å². The van der Waals surface area contributed by atoms with Gasteiger partial charge in [-0.05, 0) is 37.5 Å². The van der Waals surface area contributed by atoms with E-state index >= 15 is 0 Å². The summed E-state index contributed by atoms with van der Waals surface area (Å²) in [7, 11) is 0. The summed E-state index contributed by atoms with van der Waals surface area (Å²) in [5, 5.41) is 6.79. The van der Waals surface area contributed by atoms with Crippen LogP contribution in [0.2, 0.25) is 0 Å². The van der Waals surface area contributed by atoms with Crippen LogP contribution in [0.4, 0.5) is 4.79 Å². The highest BCUT2D eigenvalue weighted by Gasteiger charge is 2.09. The van der Waals surface area contributed by atoms with Crippen molar-refractivity contribution in [2.24, 2.45) is 0 Å². The van der Waals surface area contributed by atoms with Crippen LogP contribution >= 0.6 is 11.3 Å². The molecule has 0 radical (unpaired) electrons. The van der Waals surface area contributed by atoms with E-state index < -0.39 is 0 Å². The van der Waals surface area contributed by atoms with E-state index in [2.05, 4.69) is 27.8 Å². The highest BCUT2D eigenvalue weighted by molar-refractivity contribution is 7.18. The molecule has 2 amide bonds. The first-order valence-electron chi connectivity index (χ1n) is 8.13. The number of urea groups is 1. The summed E-state index contributed by atoms with van der Waals surface area (Å²) in [4.78, 5) is 16.5. The van der Waals surface area contributed by atoms with Crippen LogP contribution in [-0.2, 0) is 13.0 Å². The maximum Gasteiger partial charge on any atom is 0.315 e. The number of rotatable bonds is 6. The molecule has 3 rings (SSSR count). The van der Waals surface area contributed by atoms with Gasteiger partial charge in [-0.2, -0.15) is 0 Å². The number of thiazole rings is 1. The molecule has 124 valence electrons. The minimum atomic E-state index is -0.144. The zero-order valence-corrected chi connectivity index (χ0v) is 14.5. The van der Waals surface area contributed by atoms with Crippen LogP contribution in [0.5, 0.6) is 0 Å². The summed E-state index contributed by atoms with van der Waals surface area (Å²) in [6.45, 7) is 2.48. The highest BCUT2D eigenvalue weighted by atomic mass is 32.1. The van der Waals surface area contributed by atoms with Gasteiger partial charge in [0.1, 0.15) is 5.01 Å². The maximum atomic E-state index is 12.0. The van der Waals surface area contributed by atoms with E-state index in [1.54, 1.807) is 11.3 Å². The van der Waals surface area contributed by atoms with Crippen molar-refractivity contribution in [3.8, 4) is 0 Å². The molecule has 0 saturated heterocycles. The highest BCUT2D eigenvalue weighted by Crippen LogP contribution is 2.21. The van der Waals surface area contributed by atoms with Crippen molar-refractivity contribution in [3.63, 3.8) is 0 Å². The lowest BCUT2D eigenvalue weighted by Gasteiger charge is -2.14. The van der Waals surface area contributed by atoms with Gasteiger partial charge in [-0.1, -0.05) is 42.5 Å². The van der Waals surface area contributed by atoms with Crippen molar-refractivity contribution in [1.29, 1.82) is 0 Å². The monoisotopic (exact) mass is 339 g/mol. The number of para-hydroxylation sites is 1. The van der Waals surface area contributed by atoms with Gasteiger partial charge in [-0.3, -0.25) is 0 Å². The summed E-state index contributed by atoms with van der Waals surface area (Å²) in [6.07, 6.45) is 1.87. The average Bonchev–Trinajstić information content (AvgIpc) is 3.02. The molecule has 5 heteroatoms. The number of nitrogens with zero attached hydrogens (tertiary/aromatic N) is 1. The third-order valence-electron chi connectivity index (χ3n) is 3.82. The van der Waals surface area contributed by atoms with Gasteiger partial charge < -0.3 is 10.6 Å². The van der Waals surface area contributed by atoms with E-state index in [-0.39, 0.29) is 12.1 Å². The van der Waals surface area contributed by atoms with Crippen LogP contribution in [0.25, 0.3) is 10.2 Å². The number of aryl methyl sites for hydroxylation is 1. The summed E-state index contributed by atoms with van der Waals surface area (Å²) in [5.41, 5.74) is 2.27. The molecule has 1 aromatic heterocycles. The van der Waals surface area contributed by atoms with Crippen molar-refractivity contribution >= 4 is 27.6 Å². The average molecular weight is 339 g/mol. The van der Waals surface area contributed by atoms with Crippen molar-refractivity contribution in [1.82, 2.24) is 15.6 Å². The third-order valence-corrected chi connectivity index (χ3v) is 4.86. The quantitative estimate of drug-likeness (QED) is 0.710. The van der Waals surface area contributed by atoms with E-state index in [4.69, 9.17) is 0 Å². The number of carbonyl (C=O) groups is 1. The number of nitrogens with one attached hydrogen (secondary N) is 2. The number of aromatic nitrogens is 1. The smallest absolute Gasteiger partial charge is 0.315 e. The molecular formula is C19H21N3OS. The molecule has 4 nitrogen and oxygen atoms in total. The van der Waals surface area contributed by atoms with Gasteiger partial charge in [0, 0.05) is 6.04 Å². The summed E-state index contributed by atoms with van der Waals surface area (Å²) < 4.78 is 1.14. The van der Waals surface area contributed by atoms with Crippen molar-refractivity contribution in [2.45, 2.75) is 32.4 Å². The Balaban J connectivity index is 1.43. The van der Waals surface area contributed by atoms with Gasteiger partial charge in [0.2, 0.25) is 0 Å². The Morgan fingerprint density at radius 2 is 1.88 bits per heavy atom. The second-order valence-corrected chi connectivity index (χ2v) is 6.94. The van der Waals surface area contributed by atoms with Crippen molar-refractivity contribution in [3.05, 3.63) is 65.2 Å². The van der Waals surface area contributed by atoms with E-state index in [9.17, 15) is 4.79 Å². The first-order valence-corrected chi connectivity index (χ1v) is 8.95. The normalized spacial score (nSPS) is 12.0. The topological polar surface area (TPSA) is 54.0 Å². The zero-order valence-electron chi connectivity index (χ0n) is 13.7. The Kier molecular flexibility index (Phi) is 5.43. The molecular weight excluding hydrogens is 318 g/mol. The minimum Gasteiger partial charge on any atom is -0.336 e. The molecule has 0 aliphatic heterocycles. The lowest BCUT2D eigenvalue weighted by Crippen LogP contribution is -2.40. The number of hydrogen-bond acceptors (Lipinski definition) is 3. The molecule has 2 N–H and O–H groups in total. The largest absolute Gasteiger partial charge is 0.336 e. The Morgan fingerprint density at radius 1 is 1.12 bits per heavy atom. The Bertz CT molecular complexity index is 767. The summed E-state index contributed by atoms with van der Waals surface area (Å²) in [5.74, 6) is 0. The molecule has 0 fully saturated rings. The lowest BCUT2D eigenvalue weighted by atomic mass is 10.1. The minimum absolute atomic E-state index is 0.126. The summed E-state index contributed by atoms with van der Waals surface area (Å²) in [6, 6.07) is 18.3. The first kappa shape index (κ1) is 16.5. The fourth-order valence-electron chi connectivity index (χ4n) is 2.53. The van der Waals surface area contributed by atoms with Crippen LogP contribution in [0.3, 0.4) is 0 Å². The maximum absolute atomic E-state index is 12.0.